The predicted octanol–water partition coefficient (Wildman–Crippen LogP) is 20.5. The number of unbranched alkanes of at least 4 members (excludes halogenated alkanes) is 34. The van der Waals surface area contributed by atoms with Gasteiger partial charge in [-0.3, -0.25) is 37.3 Å². The first-order chi connectivity index (χ1) is 43.6. The molecule has 6 atom stereocenters. The van der Waals surface area contributed by atoms with Crippen LogP contribution in [0.25, 0.3) is 0 Å². The van der Waals surface area contributed by atoms with E-state index in [1.807, 2.05) is 0 Å². The van der Waals surface area contributed by atoms with Crippen molar-refractivity contribution in [2.24, 2.45) is 23.7 Å². The first kappa shape index (κ1) is 89.1. The van der Waals surface area contributed by atoms with E-state index in [9.17, 15) is 43.2 Å². The van der Waals surface area contributed by atoms with Crippen LogP contribution >= 0.6 is 15.6 Å². The fraction of sp³-hybridized carbons (Fsp3) is 0.944. The van der Waals surface area contributed by atoms with Crippen LogP contribution in [0.4, 0.5) is 0 Å². The summed E-state index contributed by atoms with van der Waals surface area (Å²) >= 11 is 0. The average molecular weight is 1340 g/mol. The van der Waals surface area contributed by atoms with Crippen molar-refractivity contribution in [3.8, 4) is 0 Å². The quantitative estimate of drug-likeness (QED) is 0.0222. The molecule has 0 rings (SSSR count). The fourth-order valence-corrected chi connectivity index (χ4v) is 12.4. The number of phosphoric ester groups is 2. The number of carbonyl (C=O) groups excluding carboxylic acids is 4. The first-order valence-corrected chi connectivity index (χ1v) is 40.2. The molecule has 0 aliphatic carbocycles. The lowest BCUT2D eigenvalue weighted by molar-refractivity contribution is -0.161. The van der Waals surface area contributed by atoms with Crippen LogP contribution in [0.5, 0.6) is 0 Å². The largest absolute Gasteiger partial charge is 0.472 e. The number of rotatable bonds is 69. The van der Waals surface area contributed by atoms with E-state index in [-0.39, 0.29) is 25.7 Å². The maximum Gasteiger partial charge on any atom is 0.472 e. The summed E-state index contributed by atoms with van der Waals surface area (Å²) in [4.78, 5) is 72.5. The molecule has 0 aromatic carbocycles. The molecule has 91 heavy (non-hydrogen) atoms. The van der Waals surface area contributed by atoms with Crippen molar-refractivity contribution in [2.45, 2.75) is 375 Å². The first-order valence-electron chi connectivity index (χ1n) is 37.2. The molecule has 3 N–H and O–H groups in total. The van der Waals surface area contributed by atoms with Crippen molar-refractivity contribution >= 4 is 39.5 Å². The summed E-state index contributed by atoms with van der Waals surface area (Å²) in [5, 5.41) is 10.6. The molecule has 0 aromatic heterocycles. The van der Waals surface area contributed by atoms with Crippen LogP contribution in [0.3, 0.4) is 0 Å². The summed E-state index contributed by atoms with van der Waals surface area (Å²) in [7, 11) is -9.90. The average Bonchev–Trinajstić information content (AvgIpc) is 3.15. The molecule has 0 amide bonds. The van der Waals surface area contributed by atoms with E-state index in [4.69, 9.17) is 37.0 Å². The molecule has 19 heteroatoms. The second kappa shape index (κ2) is 61.6. The minimum Gasteiger partial charge on any atom is -0.462 e. The molecule has 0 aliphatic rings. The van der Waals surface area contributed by atoms with Gasteiger partial charge in [0.2, 0.25) is 0 Å². The van der Waals surface area contributed by atoms with Gasteiger partial charge in [0, 0.05) is 25.7 Å². The summed E-state index contributed by atoms with van der Waals surface area (Å²) < 4.78 is 68.2. The third kappa shape index (κ3) is 65.1. The fourth-order valence-electron chi connectivity index (χ4n) is 10.8. The zero-order valence-electron chi connectivity index (χ0n) is 59.5. The number of carbonyl (C=O) groups is 4. The molecule has 0 heterocycles. The maximum absolute atomic E-state index is 13.0. The molecule has 0 fully saturated rings. The van der Waals surface area contributed by atoms with E-state index in [1.54, 1.807) is 0 Å². The van der Waals surface area contributed by atoms with E-state index < -0.39 is 97.5 Å². The zero-order chi connectivity index (χ0) is 67.5. The smallest absolute Gasteiger partial charge is 0.462 e. The number of hydrogen-bond acceptors (Lipinski definition) is 15. The molecule has 540 valence electrons. The van der Waals surface area contributed by atoms with Crippen molar-refractivity contribution in [1.82, 2.24) is 0 Å². The number of aliphatic hydroxyl groups excluding tert-OH is 1. The van der Waals surface area contributed by atoms with Gasteiger partial charge in [-0.05, 0) is 49.4 Å². The Labute approximate surface area is 556 Å². The van der Waals surface area contributed by atoms with Gasteiger partial charge in [0.25, 0.3) is 0 Å². The number of aliphatic hydroxyl groups is 1. The molecule has 0 radical (unpaired) electrons. The Balaban J connectivity index is 5.11. The molecule has 3 unspecified atom stereocenters. The molecule has 0 spiro atoms. The number of hydrogen-bond donors (Lipinski definition) is 3. The SMILES string of the molecule is CCC(C)CCCCCCCCCCC(=O)O[C@H](COC(=O)CCCCCCCCC(C)C)COP(=O)(O)OC[C@H](O)COP(=O)(O)OC[C@@H](COC(=O)CCCCCCCCCCCCCCCCCCCCC(C)C)OC(=O)CCCCCCCCC(C)C. The molecule has 17 nitrogen and oxygen atoms in total. The summed E-state index contributed by atoms with van der Waals surface area (Å²) in [6.07, 6.45) is 44.9. The highest BCUT2D eigenvalue weighted by atomic mass is 31.2. The van der Waals surface area contributed by atoms with E-state index >= 15 is 0 Å². The van der Waals surface area contributed by atoms with Crippen molar-refractivity contribution < 1.29 is 80.2 Å². The molecular formula is C72H140O17P2. The lowest BCUT2D eigenvalue weighted by Crippen LogP contribution is -2.30. The Morgan fingerprint density at radius 3 is 0.780 bits per heavy atom. The van der Waals surface area contributed by atoms with E-state index in [1.165, 1.54) is 154 Å². The van der Waals surface area contributed by atoms with Crippen LogP contribution in [0.15, 0.2) is 0 Å². The van der Waals surface area contributed by atoms with Crippen molar-refractivity contribution in [1.29, 1.82) is 0 Å². The van der Waals surface area contributed by atoms with Gasteiger partial charge in [-0.15, -0.1) is 0 Å². The van der Waals surface area contributed by atoms with Crippen molar-refractivity contribution in [3.63, 3.8) is 0 Å². The highest BCUT2D eigenvalue weighted by Gasteiger charge is 2.30. The number of ether oxygens (including phenoxy) is 4. The normalized spacial score (nSPS) is 14.5. The van der Waals surface area contributed by atoms with E-state index in [0.29, 0.717) is 37.5 Å². The van der Waals surface area contributed by atoms with Crippen LogP contribution in [0, 0.1) is 23.7 Å². The standard InChI is InChI=1S/C72H140O17P2/c1-9-65(8)51-43-35-25-22-23-27-38-46-54-71(76)88-67(59-83-70(75)53-45-37-30-28-33-41-49-63(4)5)60-86-90(78,79)84-56-66(73)57-85-91(80,81)87-61-68(89-72(77)55-47-39-31-29-34-42-50-64(6)7)58-82-69(74)52-44-36-26-21-19-17-15-13-11-10-12-14-16-18-20-24-32-40-48-62(2)3/h62-68,73H,9-61H2,1-8H3,(H,78,79)(H,80,81)/t65?,66-,67+,68+/m0/s1. The molecular weight excluding hydrogens is 1200 g/mol. The van der Waals surface area contributed by atoms with Gasteiger partial charge in [-0.25, -0.2) is 9.13 Å². The molecule has 0 bridgehead atoms. The van der Waals surface area contributed by atoms with Crippen molar-refractivity contribution in [2.75, 3.05) is 39.6 Å². The summed E-state index contributed by atoms with van der Waals surface area (Å²) in [6, 6.07) is 0. The molecule has 0 aliphatic heterocycles. The van der Waals surface area contributed by atoms with E-state index in [2.05, 4.69) is 55.4 Å². The van der Waals surface area contributed by atoms with Crippen LogP contribution in [-0.4, -0.2) is 96.7 Å². The Morgan fingerprint density at radius 2 is 0.527 bits per heavy atom. The summed E-state index contributed by atoms with van der Waals surface area (Å²) in [5.74, 6) is 0.806. The topological polar surface area (TPSA) is 237 Å². The summed E-state index contributed by atoms with van der Waals surface area (Å²) in [5.41, 5.74) is 0. The lowest BCUT2D eigenvalue weighted by atomic mass is 9.99. The predicted molar refractivity (Wildman–Crippen MR) is 367 cm³/mol. The monoisotopic (exact) mass is 1340 g/mol. The van der Waals surface area contributed by atoms with Gasteiger partial charge in [0.1, 0.15) is 19.3 Å². The number of phosphoric acid groups is 2. The Kier molecular flexibility index (Phi) is 60.3. The minimum absolute atomic E-state index is 0.102. The number of esters is 4. The molecule has 0 saturated carbocycles. The van der Waals surface area contributed by atoms with Gasteiger partial charge in [-0.2, -0.15) is 0 Å². The third-order valence-electron chi connectivity index (χ3n) is 16.9. The zero-order valence-corrected chi connectivity index (χ0v) is 61.3. The lowest BCUT2D eigenvalue weighted by Gasteiger charge is -2.21. The highest BCUT2D eigenvalue weighted by Crippen LogP contribution is 2.45. The minimum atomic E-state index is -4.95. The Morgan fingerprint density at radius 1 is 0.308 bits per heavy atom. The van der Waals surface area contributed by atoms with Gasteiger partial charge in [0.15, 0.2) is 12.2 Å². The van der Waals surface area contributed by atoms with Crippen LogP contribution in [-0.2, 0) is 65.4 Å². The Hall–Kier alpha value is -1.94. The Bertz CT molecular complexity index is 1800. The van der Waals surface area contributed by atoms with Crippen LogP contribution < -0.4 is 0 Å². The second-order valence-electron chi connectivity index (χ2n) is 27.6. The van der Waals surface area contributed by atoms with Gasteiger partial charge in [0.05, 0.1) is 26.4 Å². The highest BCUT2D eigenvalue weighted by molar-refractivity contribution is 7.47. The van der Waals surface area contributed by atoms with Crippen LogP contribution in [0.1, 0.15) is 357 Å². The van der Waals surface area contributed by atoms with Gasteiger partial charge >= 0.3 is 39.5 Å². The molecule has 0 saturated heterocycles. The van der Waals surface area contributed by atoms with Crippen molar-refractivity contribution in [3.05, 3.63) is 0 Å². The van der Waals surface area contributed by atoms with E-state index in [0.717, 1.165) is 108 Å². The second-order valence-corrected chi connectivity index (χ2v) is 30.6. The maximum atomic E-state index is 13.0. The molecule has 0 aromatic rings. The summed E-state index contributed by atoms with van der Waals surface area (Å²) in [6.45, 7) is 14.0. The van der Waals surface area contributed by atoms with Gasteiger partial charge in [-0.1, -0.05) is 306 Å². The van der Waals surface area contributed by atoms with Gasteiger partial charge < -0.3 is 33.8 Å². The third-order valence-corrected chi connectivity index (χ3v) is 18.8. The van der Waals surface area contributed by atoms with Crippen LogP contribution in [0.2, 0.25) is 0 Å².